The zero-order chi connectivity index (χ0) is 24.2. The third-order valence-electron chi connectivity index (χ3n) is 6.25. The molecule has 0 radical (unpaired) electrons. The van der Waals surface area contributed by atoms with E-state index in [1.807, 2.05) is 23.6 Å². The average molecular weight is 556 g/mol. The van der Waals surface area contributed by atoms with Crippen molar-refractivity contribution in [3.63, 3.8) is 0 Å². The van der Waals surface area contributed by atoms with Crippen LogP contribution < -0.4 is 0 Å². The lowest BCUT2D eigenvalue weighted by atomic mass is 9.73. The summed E-state index contributed by atoms with van der Waals surface area (Å²) in [6, 6.07) is 9.38. The monoisotopic (exact) mass is 554 g/mol. The van der Waals surface area contributed by atoms with Gasteiger partial charge in [-0.2, -0.15) is 0 Å². The minimum absolute atomic E-state index is 0.266. The molecule has 2 heterocycles. The van der Waals surface area contributed by atoms with Gasteiger partial charge < -0.3 is 4.57 Å². The largest absolute Gasteiger partial charge is 0.311 e. The summed E-state index contributed by atoms with van der Waals surface area (Å²) < 4.78 is 32.0. The number of halogens is 6. The standard InChI is InChI=1S/C25H16Cl4F2N2S/c1-25(13-5-7-17(28)18(29)9-13)22-11-32-24(34-12-15-16(27)3-2-4-19(15)30)33(22)21-8-6-14(26)10-20(31)23(21)25/h2-11,21H,12H2,1H3. The molecule has 2 atom stereocenters. The molecule has 2 aromatic carbocycles. The van der Waals surface area contributed by atoms with E-state index in [4.69, 9.17) is 46.4 Å². The smallest absolute Gasteiger partial charge is 0.169 e. The molecule has 0 saturated heterocycles. The maximum Gasteiger partial charge on any atom is 0.169 e. The predicted molar refractivity (Wildman–Crippen MR) is 136 cm³/mol. The highest BCUT2D eigenvalue weighted by Gasteiger charge is 2.49. The molecule has 0 fully saturated rings. The van der Waals surface area contributed by atoms with Crippen LogP contribution in [0.3, 0.4) is 0 Å². The van der Waals surface area contributed by atoms with Crippen molar-refractivity contribution in [1.29, 1.82) is 0 Å². The molecule has 0 amide bonds. The van der Waals surface area contributed by atoms with Crippen LogP contribution in [0.5, 0.6) is 0 Å². The van der Waals surface area contributed by atoms with Gasteiger partial charge in [-0.05, 0) is 48.9 Å². The number of benzene rings is 2. The van der Waals surface area contributed by atoms with E-state index in [1.165, 1.54) is 23.9 Å². The van der Waals surface area contributed by atoms with Gasteiger partial charge in [-0.1, -0.05) is 76.4 Å². The molecule has 0 bridgehead atoms. The Balaban J connectivity index is 1.66. The fourth-order valence-electron chi connectivity index (χ4n) is 4.56. The molecule has 1 aromatic heterocycles. The van der Waals surface area contributed by atoms with E-state index in [0.29, 0.717) is 31.4 Å². The third-order valence-corrected chi connectivity index (χ3v) is 8.57. The first kappa shape index (κ1) is 24.0. The third kappa shape index (κ3) is 3.82. The zero-order valence-electron chi connectivity index (χ0n) is 17.6. The quantitative estimate of drug-likeness (QED) is 0.299. The molecule has 5 rings (SSSR count). The van der Waals surface area contributed by atoms with Crippen molar-refractivity contribution in [3.05, 3.63) is 115 Å². The van der Waals surface area contributed by atoms with Crippen LogP contribution in [0.25, 0.3) is 0 Å². The highest BCUT2D eigenvalue weighted by molar-refractivity contribution is 7.98. The van der Waals surface area contributed by atoms with E-state index < -0.39 is 17.3 Å². The van der Waals surface area contributed by atoms with Gasteiger partial charge in [0.25, 0.3) is 0 Å². The number of allylic oxidation sites excluding steroid dienone is 6. The maximum atomic E-state index is 15.7. The van der Waals surface area contributed by atoms with Crippen LogP contribution in [0.15, 0.2) is 82.4 Å². The van der Waals surface area contributed by atoms with Gasteiger partial charge >= 0.3 is 0 Å². The van der Waals surface area contributed by atoms with E-state index in [1.54, 1.807) is 36.5 Å². The second-order valence-electron chi connectivity index (χ2n) is 8.13. The molecular formula is C25H16Cl4F2N2S. The molecule has 2 nitrogen and oxygen atoms in total. The molecule has 2 aliphatic rings. The Morgan fingerprint density at radius 2 is 1.85 bits per heavy atom. The van der Waals surface area contributed by atoms with E-state index in [0.717, 1.165) is 11.3 Å². The number of hydrogen-bond donors (Lipinski definition) is 0. The van der Waals surface area contributed by atoms with Gasteiger partial charge in [0.2, 0.25) is 0 Å². The first-order valence-electron chi connectivity index (χ1n) is 10.3. The Labute approximate surface area is 219 Å². The van der Waals surface area contributed by atoms with Crippen molar-refractivity contribution in [2.24, 2.45) is 0 Å². The van der Waals surface area contributed by atoms with Gasteiger partial charge in [0.05, 0.1) is 33.4 Å². The molecule has 174 valence electrons. The van der Waals surface area contributed by atoms with Gasteiger partial charge in [0, 0.05) is 26.9 Å². The highest BCUT2D eigenvalue weighted by atomic mass is 35.5. The van der Waals surface area contributed by atoms with E-state index in [2.05, 4.69) is 4.98 Å². The summed E-state index contributed by atoms with van der Waals surface area (Å²) in [7, 11) is 0. The summed E-state index contributed by atoms with van der Waals surface area (Å²) in [4.78, 5) is 4.61. The van der Waals surface area contributed by atoms with Crippen molar-refractivity contribution in [3.8, 4) is 0 Å². The number of hydrogen-bond acceptors (Lipinski definition) is 2. The Morgan fingerprint density at radius 3 is 2.59 bits per heavy atom. The topological polar surface area (TPSA) is 17.8 Å². The molecule has 1 aliphatic heterocycles. The molecule has 34 heavy (non-hydrogen) atoms. The highest BCUT2D eigenvalue weighted by Crippen LogP contribution is 2.55. The van der Waals surface area contributed by atoms with Crippen molar-refractivity contribution >= 4 is 58.2 Å². The van der Waals surface area contributed by atoms with E-state index >= 15 is 4.39 Å². The Bertz CT molecular complexity index is 1390. The molecule has 0 spiro atoms. The maximum absolute atomic E-state index is 15.7. The normalized spacial score (nSPS) is 21.4. The number of thioether (sulfide) groups is 1. The van der Waals surface area contributed by atoms with Crippen LogP contribution in [0.2, 0.25) is 15.1 Å². The molecule has 2 unspecified atom stereocenters. The van der Waals surface area contributed by atoms with Crippen LogP contribution in [0.4, 0.5) is 8.78 Å². The van der Waals surface area contributed by atoms with Crippen LogP contribution >= 0.6 is 58.2 Å². The zero-order valence-corrected chi connectivity index (χ0v) is 21.5. The summed E-state index contributed by atoms with van der Waals surface area (Å²) in [5.41, 5.74) is 1.55. The van der Waals surface area contributed by atoms with E-state index in [9.17, 15) is 4.39 Å². The molecular weight excluding hydrogens is 540 g/mol. The summed E-state index contributed by atoms with van der Waals surface area (Å²) in [5.74, 6) is -0.543. The van der Waals surface area contributed by atoms with Crippen molar-refractivity contribution in [2.45, 2.75) is 29.3 Å². The molecule has 9 heteroatoms. The van der Waals surface area contributed by atoms with Gasteiger partial charge in [-0.25, -0.2) is 13.8 Å². The minimum Gasteiger partial charge on any atom is -0.311 e. The SMILES string of the molecule is CC1(c2ccc(Cl)c(Cl)c2)C2=C(F)C=C(Cl)C=CC2n2c1cnc2SCc1c(F)cccc1Cl. The van der Waals surface area contributed by atoms with Crippen LogP contribution in [0.1, 0.15) is 29.8 Å². The summed E-state index contributed by atoms with van der Waals surface area (Å²) >= 11 is 26.2. The lowest BCUT2D eigenvalue weighted by molar-refractivity contribution is 0.577. The Hall–Kier alpha value is -1.76. The van der Waals surface area contributed by atoms with Gasteiger partial charge in [-0.15, -0.1) is 0 Å². The van der Waals surface area contributed by atoms with Gasteiger partial charge in [0.15, 0.2) is 5.16 Å². The Morgan fingerprint density at radius 1 is 1.06 bits per heavy atom. The number of aromatic nitrogens is 2. The summed E-state index contributed by atoms with van der Waals surface area (Å²) in [6.45, 7) is 1.93. The summed E-state index contributed by atoms with van der Waals surface area (Å²) in [6.07, 6.45) is 6.55. The average Bonchev–Trinajstić information content (AvgIpc) is 3.26. The lowest BCUT2D eigenvalue weighted by Crippen LogP contribution is -2.24. The van der Waals surface area contributed by atoms with Crippen molar-refractivity contribution in [2.75, 3.05) is 0 Å². The number of fused-ring (bicyclic) bond motifs is 3. The fraction of sp³-hybridized carbons (Fsp3) is 0.160. The molecule has 3 aromatic rings. The molecule has 1 aliphatic carbocycles. The summed E-state index contributed by atoms with van der Waals surface area (Å²) in [5, 5.41) is 2.02. The second kappa shape index (κ2) is 9.03. The van der Waals surface area contributed by atoms with Crippen LogP contribution in [-0.4, -0.2) is 9.55 Å². The van der Waals surface area contributed by atoms with Gasteiger partial charge in [0.1, 0.15) is 11.6 Å². The predicted octanol–water partition coefficient (Wildman–Crippen LogP) is 9.05. The minimum atomic E-state index is -0.896. The first-order chi connectivity index (χ1) is 16.2. The van der Waals surface area contributed by atoms with Gasteiger partial charge in [-0.3, -0.25) is 0 Å². The van der Waals surface area contributed by atoms with E-state index in [-0.39, 0.29) is 16.6 Å². The first-order valence-corrected chi connectivity index (χ1v) is 12.8. The number of imidazole rings is 1. The second-order valence-corrected chi connectivity index (χ2v) is 10.7. The van der Waals surface area contributed by atoms with Crippen LogP contribution in [0, 0.1) is 5.82 Å². The lowest BCUT2D eigenvalue weighted by Gasteiger charge is -2.28. The van der Waals surface area contributed by atoms with Crippen molar-refractivity contribution in [1.82, 2.24) is 9.55 Å². The fourth-order valence-corrected chi connectivity index (χ4v) is 6.38. The number of nitrogens with zero attached hydrogens (tertiary/aromatic N) is 2. The molecule has 0 saturated carbocycles. The van der Waals surface area contributed by atoms with Crippen molar-refractivity contribution < 1.29 is 8.78 Å². The number of rotatable bonds is 4. The van der Waals surface area contributed by atoms with Crippen LogP contribution in [-0.2, 0) is 11.2 Å². The Kier molecular flexibility index (Phi) is 6.36. The molecule has 0 N–H and O–H groups in total.